The Morgan fingerprint density at radius 1 is 0.923 bits per heavy atom. The maximum Gasteiger partial charge on any atom is 0.144 e. The molecule has 1 unspecified atom stereocenters. The van der Waals surface area contributed by atoms with Crippen molar-refractivity contribution in [2.75, 3.05) is 20.8 Å². The minimum atomic E-state index is -0.404. The molecular formula is C32H31BrO6. The highest BCUT2D eigenvalue weighted by Gasteiger charge is 2.48. The molecule has 0 aliphatic carbocycles. The Balaban J connectivity index is 1.41. The van der Waals surface area contributed by atoms with Crippen molar-refractivity contribution in [1.29, 1.82) is 0 Å². The van der Waals surface area contributed by atoms with E-state index in [9.17, 15) is 5.11 Å². The number of hydrogen-bond acceptors (Lipinski definition) is 6. The lowest BCUT2D eigenvalue weighted by atomic mass is 9.80. The number of aromatic hydroxyl groups is 1. The maximum absolute atomic E-state index is 11.7. The van der Waals surface area contributed by atoms with Crippen LogP contribution in [0.5, 0.6) is 17.2 Å². The van der Waals surface area contributed by atoms with Crippen LogP contribution < -0.4 is 9.47 Å². The third-order valence-corrected chi connectivity index (χ3v) is 8.39. The Morgan fingerprint density at radius 2 is 1.67 bits per heavy atom. The molecule has 3 aliphatic rings. The molecule has 0 amide bonds. The van der Waals surface area contributed by atoms with Crippen molar-refractivity contribution in [2.45, 2.75) is 37.4 Å². The number of fused-ring (bicyclic) bond motifs is 5. The van der Waals surface area contributed by atoms with Crippen LogP contribution in [0.4, 0.5) is 0 Å². The lowest BCUT2D eigenvalue weighted by Gasteiger charge is -2.40. The molecule has 7 rings (SSSR count). The molecule has 4 aromatic carbocycles. The number of hydrogen-bond donors (Lipinski definition) is 1. The second-order valence-corrected chi connectivity index (χ2v) is 10.9. The van der Waals surface area contributed by atoms with Gasteiger partial charge in [0.2, 0.25) is 0 Å². The van der Waals surface area contributed by atoms with Crippen LogP contribution in [0, 0.1) is 5.92 Å². The Hall–Kier alpha value is -3.10. The summed E-state index contributed by atoms with van der Waals surface area (Å²) in [5, 5.41) is 13.1. The summed E-state index contributed by atoms with van der Waals surface area (Å²) >= 11 is 3.57. The molecule has 0 saturated carbocycles. The van der Waals surface area contributed by atoms with Crippen LogP contribution in [0.15, 0.2) is 83.3 Å². The zero-order chi connectivity index (χ0) is 26.9. The fourth-order valence-corrected chi connectivity index (χ4v) is 6.50. The van der Waals surface area contributed by atoms with E-state index in [4.69, 9.17) is 23.7 Å². The molecule has 4 aromatic rings. The first-order valence-electron chi connectivity index (χ1n) is 13.1. The number of benzene rings is 4. The van der Waals surface area contributed by atoms with Gasteiger partial charge in [0, 0.05) is 16.9 Å². The molecule has 0 aromatic heterocycles. The van der Waals surface area contributed by atoms with Crippen molar-refractivity contribution < 1.29 is 28.8 Å². The van der Waals surface area contributed by atoms with Crippen molar-refractivity contribution >= 4 is 26.7 Å². The molecule has 0 spiro atoms. The summed E-state index contributed by atoms with van der Waals surface area (Å²) in [7, 11) is 3.21. The van der Waals surface area contributed by atoms with Gasteiger partial charge in [-0.25, -0.2) is 0 Å². The first-order chi connectivity index (χ1) is 19.1. The molecular weight excluding hydrogens is 560 g/mol. The fourth-order valence-electron chi connectivity index (χ4n) is 5.93. The van der Waals surface area contributed by atoms with Crippen molar-refractivity contribution in [1.82, 2.24) is 0 Å². The molecule has 2 bridgehead atoms. The first-order valence-corrected chi connectivity index (χ1v) is 13.9. The average Bonchev–Trinajstić information content (AvgIpc) is 3.27. The Kier molecular flexibility index (Phi) is 7.49. The second-order valence-electron chi connectivity index (χ2n) is 10.0. The Bertz CT molecular complexity index is 1440. The maximum atomic E-state index is 11.7. The summed E-state index contributed by atoms with van der Waals surface area (Å²) in [5.41, 5.74) is 2.90. The van der Waals surface area contributed by atoms with E-state index < -0.39 is 6.10 Å². The molecule has 1 N–H and O–H groups in total. The van der Waals surface area contributed by atoms with E-state index in [-0.39, 0.29) is 30.0 Å². The minimum absolute atomic E-state index is 0.0877. The summed E-state index contributed by atoms with van der Waals surface area (Å²) in [4.78, 5) is 0. The third-order valence-electron chi connectivity index (χ3n) is 7.80. The van der Waals surface area contributed by atoms with E-state index in [2.05, 4.69) is 40.2 Å². The molecule has 3 fully saturated rings. The third kappa shape index (κ3) is 4.89. The van der Waals surface area contributed by atoms with E-state index in [1.54, 1.807) is 14.2 Å². The monoisotopic (exact) mass is 590 g/mol. The summed E-state index contributed by atoms with van der Waals surface area (Å²) in [6, 6.07) is 26.1. The number of rotatable bonds is 7. The van der Waals surface area contributed by atoms with Gasteiger partial charge in [-0.15, -0.1) is 0 Å². The SMILES string of the molecule is COc1cc(Br)c(OC)c2c(O)c([C@H]3O[C@@H]4COC(c5ccccc5)[C@H]3C[C@@H]4OCc3ccccc3)ccc12. The molecule has 39 heavy (non-hydrogen) atoms. The lowest BCUT2D eigenvalue weighted by molar-refractivity contribution is -0.159. The van der Waals surface area contributed by atoms with Crippen molar-refractivity contribution in [2.24, 2.45) is 5.92 Å². The van der Waals surface area contributed by atoms with E-state index in [0.717, 1.165) is 22.9 Å². The van der Waals surface area contributed by atoms with Crippen LogP contribution in [0.2, 0.25) is 0 Å². The van der Waals surface area contributed by atoms with Gasteiger partial charge in [-0.1, -0.05) is 66.7 Å². The summed E-state index contributed by atoms with van der Waals surface area (Å²) < 4.78 is 31.7. The van der Waals surface area contributed by atoms with Gasteiger partial charge in [-0.05, 0) is 45.6 Å². The number of halogens is 1. The Morgan fingerprint density at radius 3 is 2.38 bits per heavy atom. The molecule has 0 radical (unpaired) electrons. The number of phenolic OH excluding ortho intramolecular Hbond substituents is 1. The van der Waals surface area contributed by atoms with Crippen LogP contribution in [0.1, 0.15) is 35.3 Å². The standard InChI is InChI=1S/C32H31BrO6/c1-35-25-16-24(33)32(36-2)28-21(25)13-14-22(29(28)34)31-23-15-26(37-17-19-9-5-3-6-10-19)27(39-31)18-38-30(23)20-11-7-4-8-12-20/h3-14,16,23,26-27,30-31,34H,15,17-18H2,1-2H3/t23-,26+,27-,30?,31-/m1/s1. The minimum Gasteiger partial charge on any atom is -0.507 e. The van der Waals surface area contributed by atoms with Crippen LogP contribution in [0.25, 0.3) is 10.8 Å². The summed E-state index contributed by atoms with van der Waals surface area (Å²) in [6.45, 7) is 0.911. The molecule has 5 atom stereocenters. The van der Waals surface area contributed by atoms with Crippen LogP contribution in [-0.2, 0) is 20.8 Å². The van der Waals surface area contributed by atoms with Crippen LogP contribution >= 0.6 is 15.9 Å². The molecule has 6 nitrogen and oxygen atoms in total. The fraction of sp³-hybridized carbons (Fsp3) is 0.312. The lowest BCUT2D eigenvalue weighted by Crippen LogP contribution is -2.41. The molecule has 3 heterocycles. The summed E-state index contributed by atoms with van der Waals surface area (Å²) in [6.07, 6.45) is -0.291. The van der Waals surface area contributed by atoms with E-state index in [1.807, 2.05) is 54.6 Å². The van der Waals surface area contributed by atoms with E-state index in [1.165, 1.54) is 0 Å². The van der Waals surface area contributed by atoms with Crippen molar-refractivity contribution in [3.8, 4) is 17.2 Å². The zero-order valence-electron chi connectivity index (χ0n) is 21.9. The first kappa shape index (κ1) is 26.1. The quantitative estimate of drug-likeness (QED) is 0.247. The largest absolute Gasteiger partial charge is 0.507 e. The van der Waals surface area contributed by atoms with Gasteiger partial charge in [0.15, 0.2) is 0 Å². The predicted octanol–water partition coefficient (Wildman–Crippen LogP) is 7.13. The van der Waals surface area contributed by atoms with Crippen LogP contribution in [0.3, 0.4) is 0 Å². The predicted molar refractivity (Wildman–Crippen MR) is 152 cm³/mol. The highest BCUT2D eigenvalue weighted by atomic mass is 79.9. The van der Waals surface area contributed by atoms with Gasteiger partial charge in [0.25, 0.3) is 0 Å². The highest BCUT2D eigenvalue weighted by Crippen LogP contribution is 2.53. The van der Waals surface area contributed by atoms with E-state index >= 15 is 0 Å². The smallest absolute Gasteiger partial charge is 0.144 e. The topological polar surface area (TPSA) is 66.4 Å². The van der Waals surface area contributed by atoms with Gasteiger partial charge < -0.3 is 28.8 Å². The van der Waals surface area contributed by atoms with Gasteiger partial charge in [0.05, 0.1) is 55.6 Å². The average molecular weight is 591 g/mol. The Labute approximate surface area is 236 Å². The molecule has 7 heteroatoms. The normalized spacial score (nSPS) is 24.4. The molecule has 3 aliphatic heterocycles. The number of phenols is 1. The van der Waals surface area contributed by atoms with E-state index in [0.29, 0.717) is 40.1 Å². The van der Waals surface area contributed by atoms with Gasteiger partial charge in [-0.2, -0.15) is 0 Å². The van der Waals surface area contributed by atoms with Crippen molar-refractivity contribution in [3.05, 3.63) is 100 Å². The number of ether oxygens (including phenoxy) is 5. The summed E-state index contributed by atoms with van der Waals surface area (Å²) in [5.74, 6) is 1.22. The molecule has 202 valence electrons. The van der Waals surface area contributed by atoms with Gasteiger partial charge >= 0.3 is 0 Å². The van der Waals surface area contributed by atoms with Crippen LogP contribution in [-0.4, -0.2) is 38.1 Å². The highest BCUT2D eigenvalue weighted by molar-refractivity contribution is 9.10. The number of methoxy groups -OCH3 is 2. The second kappa shape index (κ2) is 11.2. The molecule has 3 saturated heterocycles. The van der Waals surface area contributed by atoms with Gasteiger partial charge in [0.1, 0.15) is 23.4 Å². The zero-order valence-corrected chi connectivity index (χ0v) is 23.5. The van der Waals surface area contributed by atoms with Gasteiger partial charge in [-0.3, -0.25) is 0 Å². The van der Waals surface area contributed by atoms with Crippen molar-refractivity contribution in [3.63, 3.8) is 0 Å².